The fraction of sp³-hybridized carbons (Fsp3) is 0.294. The molecule has 28 heavy (non-hydrogen) atoms. The van der Waals surface area contributed by atoms with Gasteiger partial charge in [0.25, 0.3) is 0 Å². The Hall–Kier alpha value is -2.89. The lowest BCUT2D eigenvalue weighted by atomic mass is 10.1. The van der Waals surface area contributed by atoms with Crippen molar-refractivity contribution in [1.82, 2.24) is 19.6 Å². The number of carboxylic acid groups (broad SMARTS) is 1. The fourth-order valence-corrected chi connectivity index (χ4v) is 3.69. The Morgan fingerprint density at radius 2 is 2.21 bits per heavy atom. The SMILES string of the molecule is CON(C)C1CN(c2nc3c(cc2F)c(=O)c(C(=O)O)cn3-c2nccs2)C1. The highest BCUT2D eigenvalue weighted by atomic mass is 32.1. The quantitative estimate of drug-likeness (QED) is 0.635. The first-order valence-electron chi connectivity index (χ1n) is 8.31. The maximum Gasteiger partial charge on any atom is 0.341 e. The molecule has 1 N–H and O–H groups in total. The summed E-state index contributed by atoms with van der Waals surface area (Å²) in [5.41, 5.74) is -1.10. The van der Waals surface area contributed by atoms with Gasteiger partial charge in [-0.05, 0) is 6.07 Å². The first-order chi connectivity index (χ1) is 13.4. The number of hydrogen-bond donors (Lipinski definition) is 1. The van der Waals surface area contributed by atoms with Crippen molar-refractivity contribution in [3.8, 4) is 5.13 Å². The zero-order chi connectivity index (χ0) is 20.0. The van der Waals surface area contributed by atoms with Crippen LogP contribution in [0.5, 0.6) is 0 Å². The molecule has 0 unspecified atom stereocenters. The molecule has 146 valence electrons. The summed E-state index contributed by atoms with van der Waals surface area (Å²) in [6.45, 7) is 1.02. The second-order valence-electron chi connectivity index (χ2n) is 6.31. The Morgan fingerprint density at radius 3 is 2.82 bits per heavy atom. The molecular weight excluding hydrogens is 389 g/mol. The summed E-state index contributed by atoms with van der Waals surface area (Å²) >= 11 is 1.25. The zero-order valence-corrected chi connectivity index (χ0v) is 15.8. The van der Waals surface area contributed by atoms with Gasteiger partial charge in [-0.25, -0.2) is 19.2 Å². The number of rotatable bonds is 5. The largest absolute Gasteiger partial charge is 0.477 e. The fourth-order valence-electron chi connectivity index (χ4n) is 3.08. The number of carbonyl (C=O) groups is 1. The van der Waals surface area contributed by atoms with E-state index in [0.29, 0.717) is 18.2 Å². The molecule has 0 amide bonds. The number of aromatic carboxylic acids is 1. The first kappa shape index (κ1) is 18.5. The standard InChI is InChI=1S/C17H16FN5O4S/c1-21(27-2)9-6-22(7-9)15-12(18)5-10-13(24)11(16(25)26)8-23(14(10)20-15)17-19-3-4-28-17/h3-5,8-9H,6-7H2,1-2H3,(H,25,26). The topological polar surface area (TPSA) is 101 Å². The number of thiazole rings is 1. The van der Waals surface area contributed by atoms with Crippen molar-refractivity contribution >= 4 is 34.2 Å². The summed E-state index contributed by atoms with van der Waals surface area (Å²) in [6, 6.07) is 1.14. The Bertz CT molecular complexity index is 1110. The minimum atomic E-state index is -1.39. The second kappa shape index (κ2) is 6.93. The number of likely N-dealkylation sites (N-methyl/N-ethyl adjacent to an activating group) is 1. The van der Waals surface area contributed by atoms with E-state index in [4.69, 9.17) is 4.84 Å². The van der Waals surface area contributed by atoms with Crippen molar-refractivity contribution < 1.29 is 19.1 Å². The number of hydrogen-bond acceptors (Lipinski definition) is 8. The van der Waals surface area contributed by atoms with E-state index in [1.807, 2.05) is 0 Å². The van der Waals surface area contributed by atoms with Crippen molar-refractivity contribution in [2.75, 3.05) is 32.1 Å². The van der Waals surface area contributed by atoms with Crippen LogP contribution in [0.3, 0.4) is 0 Å². The minimum absolute atomic E-state index is 0.0949. The summed E-state index contributed by atoms with van der Waals surface area (Å²) in [5, 5.41) is 13.1. The van der Waals surface area contributed by atoms with Gasteiger partial charge in [0.15, 0.2) is 22.4 Å². The summed E-state index contributed by atoms with van der Waals surface area (Å²) in [7, 11) is 3.35. The maximum absolute atomic E-state index is 14.7. The second-order valence-corrected chi connectivity index (χ2v) is 7.19. The number of anilines is 1. The summed E-state index contributed by atoms with van der Waals surface area (Å²) in [6.07, 6.45) is 2.73. The van der Waals surface area contributed by atoms with Crippen molar-refractivity contribution in [2.24, 2.45) is 0 Å². The molecule has 0 atom stereocenters. The lowest BCUT2D eigenvalue weighted by molar-refractivity contribution is -0.146. The number of pyridine rings is 2. The molecule has 0 radical (unpaired) electrons. The van der Waals surface area contributed by atoms with Gasteiger partial charge in [-0.2, -0.15) is 5.06 Å². The number of fused-ring (bicyclic) bond motifs is 1. The smallest absolute Gasteiger partial charge is 0.341 e. The van der Waals surface area contributed by atoms with Crippen LogP contribution in [0.15, 0.2) is 28.6 Å². The molecular formula is C17H16FN5O4S. The Labute approximate surface area is 162 Å². The predicted molar refractivity (Wildman–Crippen MR) is 101 cm³/mol. The van der Waals surface area contributed by atoms with Gasteiger partial charge in [0.2, 0.25) is 5.43 Å². The molecule has 0 bridgehead atoms. The molecule has 4 rings (SSSR count). The molecule has 0 spiro atoms. The molecule has 0 aliphatic carbocycles. The highest BCUT2D eigenvalue weighted by Crippen LogP contribution is 2.28. The van der Waals surface area contributed by atoms with Crippen LogP contribution in [0.25, 0.3) is 16.2 Å². The average Bonchev–Trinajstić information content (AvgIpc) is 3.15. The molecule has 1 fully saturated rings. The van der Waals surface area contributed by atoms with E-state index in [2.05, 4.69) is 9.97 Å². The maximum atomic E-state index is 14.7. The van der Waals surface area contributed by atoms with Crippen LogP contribution in [-0.4, -0.2) is 64.0 Å². The van der Waals surface area contributed by atoms with Crippen LogP contribution < -0.4 is 10.3 Å². The highest BCUT2D eigenvalue weighted by molar-refractivity contribution is 7.12. The van der Waals surface area contributed by atoms with Gasteiger partial charge in [-0.15, -0.1) is 11.3 Å². The van der Waals surface area contributed by atoms with E-state index < -0.39 is 22.8 Å². The first-order valence-corrected chi connectivity index (χ1v) is 9.19. The summed E-state index contributed by atoms with van der Waals surface area (Å²) in [4.78, 5) is 39.4. The number of halogens is 1. The molecule has 1 saturated heterocycles. The van der Waals surface area contributed by atoms with Crippen molar-refractivity contribution in [1.29, 1.82) is 0 Å². The molecule has 1 aliphatic rings. The Kier molecular flexibility index (Phi) is 4.57. The van der Waals surface area contributed by atoms with E-state index >= 15 is 0 Å². The molecule has 4 heterocycles. The van der Waals surface area contributed by atoms with Crippen LogP contribution in [0.4, 0.5) is 10.2 Å². The Morgan fingerprint density at radius 1 is 1.46 bits per heavy atom. The minimum Gasteiger partial charge on any atom is -0.477 e. The average molecular weight is 405 g/mol. The van der Waals surface area contributed by atoms with Crippen molar-refractivity contribution in [3.05, 3.63) is 45.4 Å². The van der Waals surface area contributed by atoms with Gasteiger partial charge in [-0.1, -0.05) is 0 Å². The van der Waals surface area contributed by atoms with E-state index in [1.54, 1.807) is 35.7 Å². The number of carboxylic acids is 1. The lowest BCUT2D eigenvalue weighted by Crippen LogP contribution is -2.58. The molecule has 0 aromatic carbocycles. The molecule has 11 heteroatoms. The highest BCUT2D eigenvalue weighted by Gasteiger charge is 2.33. The van der Waals surface area contributed by atoms with Gasteiger partial charge in [-0.3, -0.25) is 9.36 Å². The van der Waals surface area contributed by atoms with E-state index in [0.717, 1.165) is 6.07 Å². The Balaban J connectivity index is 1.87. The molecule has 3 aromatic heterocycles. The van der Waals surface area contributed by atoms with Crippen LogP contribution in [0.1, 0.15) is 10.4 Å². The van der Waals surface area contributed by atoms with Crippen LogP contribution >= 0.6 is 11.3 Å². The number of nitrogens with zero attached hydrogens (tertiary/aromatic N) is 5. The van der Waals surface area contributed by atoms with E-state index in [-0.39, 0.29) is 22.9 Å². The van der Waals surface area contributed by atoms with Crippen LogP contribution in [-0.2, 0) is 4.84 Å². The van der Waals surface area contributed by atoms with Gasteiger partial charge in [0.05, 0.1) is 18.5 Å². The van der Waals surface area contributed by atoms with Gasteiger partial charge in [0, 0.05) is 37.9 Å². The third kappa shape index (κ3) is 2.93. The zero-order valence-electron chi connectivity index (χ0n) is 15.0. The van der Waals surface area contributed by atoms with Crippen LogP contribution in [0.2, 0.25) is 0 Å². The van der Waals surface area contributed by atoms with E-state index in [1.165, 1.54) is 22.1 Å². The van der Waals surface area contributed by atoms with Gasteiger partial charge in [0.1, 0.15) is 5.56 Å². The molecule has 1 aliphatic heterocycles. The third-order valence-electron chi connectivity index (χ3n) is 4.73. The molecule has 3 aromatic rings. The lowest BCUT2D eigenvalue weighted by Gasteiger charge is -2.43. The van der Waals surface area contributed by atoms with Crippen molar-refractivity contribution in [3.63, 3.8) is 0 Å². The monoisotopic (exact) mass is 405 g/mol. The van der Waals surface area contributed by atoms with Gasteiger partial charge < -0.3 is 14.8 Å². The van der Waals surface area contributed by atoms with Crippen LogP contribution in [0, 0.1) is 5.82 Å². The number of aromatic nitrogens is 3. The molecule has 9 nitrogen and oxygen atoms in total. The third-order valence-corrected chi connectivity index (χ3v) is 5.50. The number of hydroxylamine groups is 2. The summed E-state index contributed by atoms with van der Waals surface area (Å²) in [5.74, 6) is -1.98. The van der Waals surface area contributed by atoms with Gasteiger partial charge >= 0.3 is 5.97 Å². The van der Waals surface area contributed by atoms with Crippen molar-refractivity contribution in [2.45, 2.75) is 6.04 Å². The molecule has 0 saturated carbocycles. The predicted octanol–water partition coefficient (Wildman–Crippen LogP) is 1.36. The van der Waals surface area contributed by atoms with E-state index in [9.17, 15) is 19.1 Å². The normalized spacial score (nSPS) is 14.6. The summed E-state index contributed by atoms with van der Waals surface area (Å²) < 4.78 is 16.1.